The van der Waals surface area contributed by atoms with Crippen LogP contribution in [0.3, 0.4) is 0 Å². The second-order valence-electron chi connectivity index (χ2n) is 4.60. The van der Waals surface area contributed by atoms with Crippen molar-refractivity contribution in [1.82, 2.24) is 5.32 Å². The summed E-state index contributed by atoms with van der Waals surface area (Å²) in [6.07, 6.45) is 0.847. The molecule has 4 heteroatoms. The van der Waals surface area contributed by atoms with Crippen molar-refractivity contribution in [2.24, 2.45) is 5.92 Å². The minimum atomic E-state index is -0.0246. The molecule has 0 saturated carbocycles. The van der Waals surface area contributed by atoms with E-state index in [0.29, 0.717) is 5.69 Å². The van der Waals surface area contributed by atoms with Gasteiger partial charge in [0.25, 0.3) is 0 Å². The van der Waals surface area contributed by atoms with Crippen molar-refractivity contribution in [2.75, 3.05) is 11.9 Å². The summed E-state index contributed by atoms with van der Waals surface area (Å²) in [6.45, 7) is 4.69. The number of anilines is 1. The van der Waals surface area contributed by atoms with Gasteiger partial charge < -0.3 is 15.7 Å². The molecule has 17 heavy (non-hydrogen) atoms. The maximum Gasteiger partial charge on any atom is 0.229 e. The number of amides is 1. The Kier molecular flexibility index (Phi) is 3.33. The number of nitrogens with one attached hydrogen (secondary N) is 2. The van der Waals surface area contributed by atoms with Gasteiger partial charge >= 0.3 is 0 Å². The van der Waals surface area contributed by atoms with Gasteiger partial charge in [-0.25, -0.2) is 0 Å². The van der Waals surface area contributed by atoms with E-state index < -0.39 is 0 Å². The van der Waals surface area contributed by atoms with E-state index in [9.17, 15) is 9.90 Å². The Bertz CT molecular complexity index is 431. The molecule has 0 spiro atoms. The van der Waals surface area contributed by atoms with E-state index in [0.717, 1.165) is 18.5 Å². The van der Waals surface area contributed by atoms with Crippen LogP contribution in [-0.4, -0.2) is 23.6 Å². The maximum absolute atomic E-state index is 12.0. The van der Waals surface area contributed by atoms with E-state index in [1.807, 2.05) is 26.0 Å². The number of phenols is 1. The van der Waals surface area contributed by atoms with Crippen LogP contribution in [-0.2, 0) is 4.79 Å². The molecule has 0 radical (unpaired) electrons. The normalized spacial score (nSPS) is 23.6. The van der Waals surface area contributed by atoms with Gasteiger partial charge in [-0.3, -0.25) is 4.79 Å². The van der Waals surface area contributed by atoms with Crippen molar-refractivity contribution in [2.45, 2.75) is 26.3 Å². The number of benzene rings is 1. The lowest BCUT2D eigenvalue weighted by Gasteiger charge is -2.16. The second kappa shape index (κ2) is 4.75. The molecule has 2 rings (SSSR count). The molecule has 1 amide bonds. The van der Waals surface area contributed by atoms with Crippen molar-refractivity contribution in [3.8, 4) is 5.75 Å². The maximum atomic E-state index is 12.0. The molecule has 1 saturated heterocycles. The summed E-state index contributed by atoms with van der Waals surface area (Å²) in [6, 6.07) is 5.54. The molecule has 4 nitrogen and oxygen atoms in total. The molecule has 92 valence electrons. The highest BCUT2D eigenvalue weighted by molar-refractivity contribution is 5.94. The van der Waals surface area contributed by atoms with Gasteiger partial charge in [0.2, 0.25) is 5.91 Å². The monoisotopic (exact) mass is 234 g/mol. The van der Waals surface area contributed by atoms with Crippen LogP contribution in [0, 0.1) is 12.8 Å². The van der Waals surface area contributed by atoms with E-state index in [-0.39, 0.29) is 23.6 Å². The Morgan fingerprint density at radius 3 is 2.94 bits per heavy atom. The Morgan fingerprint density at radius 1 is 1.53 bits per heavy atom. The van der Waals surface area contributed by atoms with Crippen LogP contribution in [0.4, 0.5) is 5.69 Å². The first kappa shape index (κ1) is 11.9. The zero-order valence-corrected chi connectivity index (χ0v) is 10.2. The molecule has 1 aromatic carbocycles. The number of para-hydroxylation sites is 1. The molecular weight excluding hydrogens is 216 g/mol. The molecule has 2 atom stereocenters. The first-order chi connectivity index (χ1) is 8.09. The predicted octanol–water partition coefficient (Wildman–Crippen LogP) is 1.64. The van der Waals surface area contributed by atoms with Gasteiger partial charge in [0.05, 0.1) is 11.6 Å². The molecule has 1 aliphatic rings. The first-order valence-electron chi connectivity index (χ1n) is 5.92. The Balaban J connectivity index is 2.10. The second-order valence-corrected chi connectivity index (χ2v) is 4.60. The molecular formula is C13H18N2O2. The van der Waals surface area contributed by atoms with Gasteiger partial charge in [-0.05, 0) is 38.4 Å². The Labute approximate surface area is 101 Å². The summed E-state index contributed by atoms with van der Waals surface area (Å²) in [5.41, 5.74) is 1.26. The molecule has 1 heterocycles. The molecule has 2 unspecified atom stereocenters. The molecule has 0 aliphatic carbocycles. The standard InChI is InChI=1S/C13H18N2O2/c1-8-4-3-5-11(12(8)16)15-13(17)10-6-7-14-9(10)2/h3-5,9-10,14,16H,6-7H2,1-2H3,(H,15,17). The fraction of sp³-hybridized carbons (Fsp3) is 0.462. The predicted molar refractivity (Wildman–Crippen MR) is 67.0 cm³/mol. The molecule has 0 bridgehead atoms. The minimum Gasteiger partial charge on any atom is -0.505 e. The van der Waals surface area contributed by atoms with Crippen molar-refractivity contribution in [3.05, 3.63) is 23.8 Å². The zero-order valence-electron chi connectivity index (χ0n) is 10.2. The van der Waals surface area contributed by atoms with E-state index in [1.54, 1.807) is 6.07 Å². The largest absolute Gasteiger partial charge is 0.505 e. The molecule has 1 fully saturated rings. The molecule has 1 aliphatic heterocycles. The number of phenolic OH excluding ortho intramolecular Hbond substituents is 1. The lowest BCUT2D eigenvalue weighted by atomic mass is 10.0. The summed E-state index contributed by atoms with van der Waals surface area (Å²) in [5.74, 6) is 0.109. The van der Waals surface area contributed by atoms with Crippen LogP contribution in [0.15, 0.2) is 18.2 Å². The fourth-order valence-electron chi connectivity index (χ4n) is 2.20. The summed E-state index contributed by atoms with van der Waals surface area (Å²) >= 11 is 0. The highest BCUT2D eigenvalue weighted by Crippen LogP contribution is 2.27. The van der Waals surface area contributed by atoms with Gasteiger partial charge in [0, 0.05) is 6.04 Å². The molecule has 0 aromatic heterocycles. The van der Waals surface area contributed by atoms with Gasteiger partial charge in [0.1, 0.15) is 5.75 Å². The lowest BCUT2D eigenvalue weighted by Crippen LogP contribution is -2.32. The molecule has 1 aromatic rings. The van der Waals surface area contributed by atoms with Gasteiger partial charge in [-0.2, -0.15) is 0 Å². The van der Waals surface area contributed by atoms with Crippen LogP contribution >= 0.6 is 0 Å². The summed E-state index contributed by atoms with van der Waals surface area (Å²) in [5, 5.41) is 15.9. The van der Waals surface area contributed by atoms with E-state index in [2.05, 4.69) is 10.6 Å². The van der Waals surface area contributed by atoms with Crippen molar-refractivity contribution >= 4 is 11.6 Å². The highest BCUT2D eigenvalue weighted by atomic mass is 16.3. The quantitative estimate of drug-likeness (QED) is 0.682. The number of carbonyl (C=O) groups excluding carboxylic acids is 1. The number of rotatable bonds is 2. The number of aryl methyl sites for hydroxylation is 1. The average Bonchev–Trinajstić information content (AvgIpc) is 2.71. The lowest BCUT2D eigenvalue weighted by molar-refractivity contribution is -0.120. The number of aromatic hydroxyl groups is 1. The van der Waals surface area contributed by atoms with E-state index >= 15 is 0 Å². The van der Waals surface area contributed by atoms with E-state index in [1.165, 1.54) is 0 Å². The van der Waals surface area contributed by atoms with Crippen LogP contribution < -0.4 is 10.6 Å². The summed E-state index contributed by atoms with van der Waals surface area (Å²) in [4.78, 5) is 12.0. The van der Waals surface area contributed by atoms with Crippen molar-refractivity contribution in [1.29, 1.82) is 0 Å². The average molecular weight is 234 g/mol. The highest BCUT2D eigenvalue weighted by Gasteiger charge is 2.29. The smallest absolute Gasteiger partial charge is 0.229 e. The third-order valence-corrected chi connectivity index (χ3v) is 3.36. The van der Waals surface area contributed by atoms with Gasteiger partial charge in [-0.1, -0.05) is 12.1 Å². The van der Waals surface area contributed by atoms with E-state index in [4.69, 9.17) is 0 Å². The third-order valence-electron chi connectivity index (χ3n) is 3.36. The molecule has 3 N–H and O–H groups in total. The SMILES string of the molecule is Cc1cccc(NC(=O)C2CCNC2C)c1O. The third kappa shape index (κ3) is 2.42. The topological polar surface area (TPSA) is 61.4 Å². The zero-order chi connectivity index (χ0) is 12.4. The summed E-state index contributed by atoms with van der Waals surface area (Å²) in [7, 11) is 0. The number of carbonyl (C=O) groups is 1. The Hall–Kier alpha value is -1.55. The minimum absolute atomic E-state index is 0.0186. The van der Waals surface area contributed by atoms with Crippen molar-refractivity contribution in [3.63, 3.8) is 0 Å². The van der Waals surface area contributed by atoms with Gasteiger partial charge in [0.15, 0.2) is 0 Å². The van der Waals surface area contributed by atoms with Crippen LogP contribution in [0.25, 0.3) is 0 Å². The summed E-state index contributed by atoms with van der Waals surface area (Å²) < 4.78 is 0. The van der Waals surface area contributed by atoms with Gasteiger partial charge in [-0.15, -0.1) is 0 Å². The van der Waals surface area contributed by atoms with Crippen LogP contribution in [0.2, 0.25) is 0 Å². The van der Waals surface area contributed by atoms with Crippen LogP contribution in [0.1, 0.15) is 18.9 Å². The fourth-order valence-corrected chi connectivity index (χ4v) is 2.20. The Morgan fingerprint density at radius 2 is 2.29 bits per heavy atom. The first-order valence-corrected chi connectivity index (χ1v) is 5.92. The number of hydrogen-bond donors (Lipinski definition) is 3. The van der Waals surface area contributed by atoms with Crippen LogP contribution in [0.5, 0.6) is 5.75 Å². The number of hydrogen-bond acceptors (Lipinski definition) is 3. The van der Waals surface area contributed by atoms with Crippen molar-refractivity contribution < 1.29 is 9.90 Å².